The van der Waals surface area contributed by atoms with Crippen LogP contribution >= 0.6 is 0 Å². The highest BCUT2D eigenvalue weighted by atomic mass is 32.2. The van der Waals surface area contributed by atoms with Crippen LogP contribution in [0.3, 0.4) is 0 Å². The van der Waals surface area contributed by atoms with Crippen LogP contribution in [0.25, 0.3) is 0 Å². The lowest BCUT2D eigenvalue weighted by Gasteiger charge is -2.26. The summed E-state index contributed by atoms with van der Waals surface area (Å²) in [7, 11) is -1.32. The van der Waals surface area contributed by atoms with Crippen molar-refractivity contribution in [3.05, 3.63) is 48.3 Å². The first-order valence-corrected chi connectivity index (χ1v) is 10.8. The summed E-state index contributed by atoms with van der Waals surface area (Å²) >= 11 is 0. The van der Waals surface area contributed by atoms with E-state index in [0.717, 1.165) is 16.4 Å². The van der Waals surface area contributed by atoms with Crippen LogP contribution in [0.1, 0.15) is 20.8 Å². The van der Waals surface area contributed by atoms with E-state index in [1.54, 1.807) is 0 Å². The van der Waals surface area contributed by atoms with Crippen LogP contribution < -0.4 is 19.1 Å². The molecule has 0 saturated carbocycles. The SMILES string of the molecule is COc1ccc(S(=O)(=O)N(CC(=O)N[C@@H](C)C(C)C)c2ccc(F)cc2)cc1OC. The fraction of sp³-hybridized carbons (Fsp3) is 0.381. The molecule has 0 radical (unpaired) electrons. The highest BCUT2D eigenvalue weighted by Crippen LogP contribution is 2.32. The number of nitrogens with zero attached hydrogens (tertiary/aromatic N) is 1. The first-order valence-electron chi connectivity index (χ1n) is 9.39. The second kappa shape index (κ2) is 9.80. The second-order valence-corrected chi connectivity index (χ2v) is 8.97. The van der Waals surface area contributed by atoms with Crippen molar-refractivity contribution in [2.24, 2.45) is 5.92 Å². The smallest absolute Gasteiger partial charge is 0.264 e. The molecule has 1 N–H and O–H groups in total. The van der Waals surface area contributed by atoms with Gasteiger partial charge in [-0.05, 0) is 49.2 Å². The van der Waals surface area contributed by atoms with E-state index >= 15 is 0 Å². The molecule has 2 aromatic rings. The molecule has 30 heavy (non-hydrogen) atoms. The number of hydrogen-bond donors (Lipinski definition) is 1. The third-order valence-electron chi connectivity index (χ3n) is 4.73. The van der Waals surface area contributed by atoms with Crippen LogP contribution in [-0.4, -0.2) is 41.1 Å². The van der Waals surface area contributed by atoms with Gasteiger partial charge in [-0.1, -0.05) is 13.8 Å². The minimum Gasteiger partial charge on any atom is -0.493 e. The maximum atomic E-state index is 13.4. The molecule has 164 valence electrons. The number of amides is 1. The number of rotatable bonds is 9. The first kappa shape index (κ1) is 23.5. The summed E-state index contributed by atoms with van der Waals surface area (Å²) in [6.45, 7) is 5.28. The van der Waals surface area contributed by atoms with E-state index in [1.807, 2.05) is 20.8 Å². The minimum absolute atomic E-state index is 0.0887. The molecule has 0 aliphatic rings. The minimum atomic E-state index is -4.16. The Hall–Kier alpha value is -2.81. The summed E-state index contributed by atoms with van der Waals surface area (Å²) < 4.78 is 51.5. The third kappa shape index (κ3) is 5.41. The Kier molecular flexibility index (Phi) is 7.66. The highest BCUT2D eigenvalue weighted by molar-refractivity contribution is 7.92. The van der Waals surface area contributed by atoms with E-state index in [2.05, 4.69) is 5.32 Å². The number of halogens is 1. The normalized spacial score (nSPS) is 12.4. The lowest BCUT2D eigenvalue weighted by atomic mass is 10.1. The zero-order chi connectivity index (χ0) is 22.5. The Balaban J connectivity index is 2.47. The average Bonchev–Trinajstić information content (AvgIpc) is 2.71. The van der Waals surface area contributed by atoms with Crippen molar-refractivity contribution in [2.45, 2.75) is 31.7 Å². The molecule has 1 atom stereocenters. The number of hydrogen-bond acceptors (Lipinski definition) is 5. The van der Waals surface area contributed by atoms with Crippen molar-refractivity contribution < 1.29 is 27.1 Å². The van der Waals surface area contributed by atoms with Gasteiger partial charge < -0.3 is 14.8 Å². The molecule has 0 bridgehead atoms. The van der Waals surface area contributed by atoms with E-state index in [-0.39, 0.29) is 28.3 Å². The van der Waals surface area contributed by atoms with Gasteiger partial charge in [-0.15, -0.1) is 0 Å². The van der Waals surface area contributed by atoms with Crippen molar-refractivity contribution >= 4 is 21.6 Å². The summed E-state index contributed by atoms with van der Waals surface area (Å²) in [6, 6.07) is 8.91. The van der Waals surface area contributed by atoms with Crippen molar-refractivity contribution in [3.63, 3.8) is 0 Å². The van der Waals surface area contributed by atoms with Crippen molar-refractivity contribution in [1.29, 1.82) is 0 Å². The maximum absolute atomic E-state index is 13.4. The molecule has 1 amide bonds. The fourth-order valence-corrected chi connectivity index (χ4v) is 4.06. The number of carbonyl (C=O) groups is 1. The highest BCUT2D eigenvalue weighted by Gasteiger charge is 2.29. The first-order chi connectivity index (χ1) is 14.1. The van der Waals surface area contributed by atoms with Gasteiger partial charge in [0.15, 0.2) is 11.5 Å². The van der Waals surface area contributed by atoms with Gasteiger partial charge in [0.1, 0.15) is 12.4 Å². The Morgan fingerprint density at radius 3 is 2.17 bits per heavy atom. The zero-order valence-corrected chi connectivity index (χ0v) is 18.5. The van der Waals surface area contributed by atoms with Gasteiger partial charge in [-0.3, -0.25) is 9.10 Å². The zero-order valence-electron chi connectivity index (χ0n) is 17.7. The van der Waals surface area contributed by atoms with Crippen LogP contribution in [0.15, 0.2) is 47.4 Å². The molecule has 0 fully saturated rings. The van der Waals surface area contributed by atoms with E-state index in [1.165, 1.54) is 44.6 Å². The number of carbonyl (C=O) groups excluding carboxylic acids is 1. The van der Waals surface area contributed by atoms with E-state index < -0.39 is 28.3 Å². The van der Waals surface area contributed by atoms with Crippen LogP contribution in [0.2, 0.25) is 0 Å². The van der Waals surface area contributed by atoms with Crippen molar-refractivity contribution in [3.8, 4) is 11.5 Å². The third-order valence-corrected chi connectivity index (χ3v) is 6.50. The molecule has 0 aromatic heterocycles. The van der Waals surface area contributed by atoms with Crippen LogP contribution in [0, 0.1) is 11.7 Å². The molecule has 7 nitrogen and oxygen atoms in total. The molecule has 0 aliphatic carbocycles. The number of benzene rings is 2. The summed E-state index contributed by atoms with van der Waals surface area (Å²) in [5.41, 5.74) is 0.165. The van der Waals surface area contributed by atoms with Crippen LogP contribution in [0.5, 0.6) is 11.5 Å². The van der Waals surface area contributed by atoms with Gasteiger partial charge in [0.25, 0.3) is 10.0 Å². The molecular formula is C21H27FN2O5S. The average molecular weight is 439 g/mol. The lowest BCUT2D eigenvalue weighted by molar-refractivity contribution is -0.120. The van der Waals surface area contributed by atoms with E-state index in [9.17, 15) is 17.6 Å². The summed E-state index contributed by atoms with van der Waals surface area (Å²) in [6.07, 6.45) is 0. The second-order valence-electron chi connectivity index (χ2n) is 7.11. The Labute approximate surface area is 176 Å². The van der Waals surface area contributed by atoms with Gasteiger partial charge in [-0.2, -0.15) is 0 Å². The standard InChI is InChI=1S/C21H27FN2O5S/c1-14(2)15(3)23-21(25)13-24(17-8-6-16(22)7-9-17)30(26,27)18-10-11-19(28-4)20(12-18)29-5/h6-12,14-15H,13H2,1-5H3,(H,23,25)/t15-/m0/s1. The summed E-state index contributed by atoms with van der Waals surface area (Å²) in [5.74, 6) is -0.204. The lowest BCUT2D eigenvalue weighted by Crippen LogP contribution is -2.45. The van der Waals surface area contributed by atoms with Crippen LogP contribution in [0.4, 0.5) is 10.1 Å². The van der Waals surface area contributed by atoms with Gasteiger partial charge in [0, 0.05) is 12.1 Å². The fourth-order valence-electron chi connectivity index (χ4n) is 2.62. The molecule has 0 heterocycles. The van der Waals surface area contributed by atoms with Crippen LogP contribution in [-0.2, 0) is 14.8 Å². The topological polar surface area (TPSA) is 84.9 Å². The molecule has 2 aromatic carbocycles. The summed E-state index contributed by atoms with van der Waals surface area (Å²) in [5, 5.41) is 2.79. The predicted octanol–water partition coefficient (Wildman–Crippen LogP) is 3.20. The molecule has 0 spiro atoms. The molecule has 0 saturated heterocycles. The summed E-state index contributed by atoms with van der Waals surface area (Å²) in [4.78, 5) is 12.5. The predicted molar refractivity (Wildman–Crippen MR) is 113 cm³/mol. The Morgan fingerprint density at radius 2 is 1.63 bits per heavy atom. The van der Waals surface area contributed by atoms with Crippen molar-refractivity contribution in [2.75, 3.05) is 25.1 Å². The molecule has 9 heteroatoms. The number of methoxy groups -OCH3 is 2. The number of anilines is 1. The Morgan fingerprint density at radius 1 is 1.03 bits per heavy atom. The molecule has 0 unspecified atom stereocenters. The number of nitrogens with one attached hydrogen (secondary N) is 1. The number of sulfonamides is 1. The van der Waals surface area contributed by atoms with Crippen molar-refractivity contribution in [1.82, 2.24) is 5.32 Å². The van der Waals surface area contributed by atoms with E-state index in [4.69, 9.17) is 9.47 Å². The van der Waals surface area contributed by atoms with Gasteiger partial charge in [0.05, 0.1) is 24.8 Å². The number of ether oxygens (including phenoxy) is 2. The van der Waals surface area contributed by atoms with Gasteiger partial charge in [-0.25, -0.2) is 12.8 Å². The molecule has 0 aliphatic heterocycles. The largest absolute Gasteiger partial charge is 0.493 e. The quantitative estimate of drug-likeness (QED) is 0.650. The van der Waals surface area contributed by atoms with E-state index in [0.29, 0.717) is 5.75 Å². The van der Waals surface area contributed by atoms with Gasteiger partial charge in [0.2, 0.25) is 5.91 Å². The molecule has 2 rings (SSSR count). The molecular weight excluding hydrogens is 411 g/mol. The monoisotopic (exact) mass is 438 g/mol. The van der Waals surface area contributed by atoms with Gasteiger partial charge >= 0.3 is 0 Å². The Bertz CT molecular complexity index is 977. The maximum Gasteiger partial charge on any atom is 0.264 e.